The number of benzene rings is 2. The molecule has 1 aliphatic heterocycles. The monoisotopic (exact) mass is 411 g/mol. The van der Waals surface area contributed by atoms with E-state index >= 15 is 0 Å². The van der Waals surface area contributed by atoms with Gasteiger partial charge < -0.3 is 20.7 Å². The normalized spacial score (nSPS) is 14.8. The highest BCUT2D eigenvalue weighted by molar-refractivity contribution is 5.69. The third-order valence-electron chi connectivity index (χ3n) is 5.40. The first-order valence-corrected chi connectivity index (χ1v) is 9.71. The van der Waals surface area contributed by atoms with Crippen LogP contribution in [0.1, 0.15) is 29.7 Å². The van der Waals surface area contributed by atoms with Crippen LogP contribution in [0.2, 0.25) is 0 Å². The average molecular weight is 411 g/mol. The smallest absolute Gasteiger partial charge is 0.348 e. The Bertz CT molecular complexity index is 1130. The van der Waals surface area contributed by atoms with Crippen molar-refractivity contribution >= 4 is 0 Å². The molecule has 2 heterocycles. The van der Waals surface area contributed by atoms with Crippen molar-refractivity contribution in [2.24, 2.45) is 5.73 Å². The van der Waals surface area contributed by atoms with E-state index in [0.717, 1.165) is 25.2 Å². The first kappa shape index (κ1) is 20.1. The van der Waals surface area contributed by atoms with E-state index in [0.29, 0.717) is 23.4 Å². The number of aromatic nitrogens is 3. The zero-order valence-electron chi connectivity index (χ0n) is 16.9. The minimum atomic E-state index is -0.457. The summed E-state index contributed by atoms with van der Waals surface area (Å²) in [7, 11) is 1.68. The number of nitrogens with two attached hydrogens (primary N) is 1. The van der Waals surface area contributed by atoms with Crippen molar-refractivity contribution < 1.29 is 14.9 Å². The van der Waals surface area contributed by atoms with Crippen LogP contribution in [0.25, 0.3) is 17.1 Å². The summed E-state index contributed by atoms with van der Waals surface area (Å²) < 4.78 is 6.57. The summed E-state index contributed by atoms with van der Waals surface area (Å²) in [4.78, 5) is 14.9. The molecule has 4 rings (SSSR count). The molecule has 3 aromatic rings. The molecule has 5 N–H and O–H groups in total. The molecule has 0 radical (unpaired) electrons. The number of hydrogen-bond acceptors (Lipinski definition) is 7. The van der Waals surface area contributed by atoms with Crippen molar-refractivity contribution in [1.29, 1.82) is 0 Å². The van der Waals surface area contributed by atoms with E-state index in [4.69, 9.17) is 10.5 Å². The number of ether oxygens (including phenoxy) is 1. The Morgan fingerprint density at radius 3 is 2.70 bits per heavy atom. The van der Waals surface area contributed by atoms with Crippen LogP contribution in [-0.2, 0) is 17.8 Å². The van der Waals surface area contributed by atoms with Crippen molar-refractivity contribution in [3.8, 4) is 28.6 Å². The summed E-state index contributed by atoms with van der Waals surface area (Å²) in [6, 6.07) is 8.15. The molecule has 9 heteroatoms. The molecule has 1 unspecified atom stereocenters. The molecule has 9 nitrogen and oxygen atoms in total. The molecule has 2 aromatic carbocycles. The van der Waals surface area contributed by atoms with Gasteiger partial charge in [0.1, 0.15) is 11.5 Å². The molecule has 0 bridgehead atoms. The Morgan fingerprint density at radius 2 is 1.97 bits per heavy atom. The molecule has 0 spiro atoms. The maximum absolute atomic E-state index is 12.6. The Labute approximate surface area is 173 Å². The molecule has 1 aromatic heterocycles. The zero-order valence-corrected chi connectivity index (χ0v) is 16.9. The Balaban J connectivity index is 1.76. The minimum absolute atomic E-state index is 0.107. The third kappa shape index (κ3) is 3.58. The number of aromatic amines is 1. The average Bonchev–Trinajstić information content (AvgIpc) is 3.28. The summed E-state index contributed by atoms with van der Waals surface area (Å²) in [5.41, 5.74) is 9.24. The van der Waals surface area contributed by atoms with Crippen LogP contribution in [0.5, 0.6) is 11.5 Å². The van der Waals surface area contributed by atoms with Gasteiger partial charge in [-0.25, -0.2) is 14.5 Å². The molecule has 0 amide bonds. The van der Waals surface area contributed by atoms with Crippen LogP contribution in [-0.4, -0.2) is 50.1 Å². The summed E-state index contributed by atoms with van der Waals surface area (Å²) in [6.45, 7) is 4.83. The second-order valence-corrected chi connectivity index (χ2v) is 7.56. The van der Waals surface area contributed by atoms with Crippen molar-refractivity contribution in [2.45, 2.75) is 26.1 Å². The number of nitrogens with zero attached hydrogens (tertiary/aromatic N) is 3. The molecule has 1 atom stereocenters. The maximum Gasteiger partial charge on any atom is 0.348 e. The molecule has 0 saturated carbocycles. The topological polar surface area (TPSA) is 130 Å². The molecular formula is C21H25N5O4. The van der Waals surface area contributed by atoms with Crippen LogP contribution in [0.4, 0.5) is 0 Å². The van der Waals surface area contributed by atoms with E-state index < -0.39 is 11.7 Å². The number of phenols is 2. The number of hydrogen-bond donors (Lipinski definition) is 4. The fraction of sp³-hybridized carbons (Fsp3) is 0.333. The molecule has 1 aliphatic rings. The van der Waals surface area contributed by atoms with Crippen molar-refractivity contribution in [3.63, 3.8) is 0 Å². The number of nitrogens with one attached hydrogen (secondary N) is 1. The Kier molecular flexibility index (Phi) is 5.33. The molecule has 30 heavy (non-hydrogen) atoms. The first-order valence-electron chi connectivity index (χ1n) is 9.71. The van der Waals surface area contributed by atoms with E-state index in [1.165, 1.54) is 16.2 Å². The van der Waals surface area contributed by atoms with E-state index in [1.54, 1.807) is 20.1 Å². The van der Waals surface area contributed by atoms with Crippen LogP contribution in [0.15, 0.2) is 35.1 Å². The fourth-order valence-electron chi connectivity index (χ4n) is 3.82. The van der Waals surface area contributed by atoms with Gasteiger partial charge in [0.05, 0.1) is 17.9 Å². The van der Waals surface area contributed by atoms with Gasteiger partial charge in [0.25, 0.3) is 0 Å². The van der Waals surface area contributed by atoms with E-state index in [1.807, 2.05) is 18.2 Å². The van der Waals surface area contributed by atoms with Crippen molar-refractivity contribution in [1.82, 2.24) is 19.7 Å². The number of methoxy groups -OCH3 is 1. The van der Waals surface area contributed by atoms with Crippen molar-refractivity contribution in [2.75, 3.05) is 20.3 Å². The lowest BCUT2D eigenvalue weighted by molar-refractivity contribution is 0.147. The summed E-state index contributed by atoms with van der Waals surface area (Å²) in [6.07, 6.45) is 0. The lowest BCUT2D eigenvalue weighted by Gasteiger charge is -2.13. The van der Waals surface area contributed by atoms with Gasteiger partial charge in [-0.2, -0.15) is 5.10 Å². The van der Waals surface area contributed by atoms with E-state index in [9.17, 15) is 15.0 Å². The largest absolute Gasteiger partial charge is 0.507 e. The lowest BCUT2D eigenvalue weighted by Crippen LogP contribution is -2.21. The lowest BCUT2D eigenvalue weighted by atomic mass is 10.0. The minimum Gasteiger partial charge on any atom is -0.507 e. The van der Waals surface area contributed by atoms with Crippen molar-refractivity contribution in [3.05, 3.63) is 57.5 Å². The summed E-state index contributed by atoms with van der Waals surface area (Å²) >= 11 is 0. The van der Waals surface area contributed by atoms with Crippen LogP contribution < -0.4 is 11.4 Å². The van der Waals surface area contributed by atoms with Gasteiger partial charge in [-0.05, 0) is 36.2 Å². The Hall–Kier alpha value is -3.14. The number of fused-ring (bicyclic) bond motifs is 1. The number of H-pyrrole nitrogens is 1. The highest BCUT2D eigenvalue weighted by atomic mass is 16.5. The summed E-state index contributed by atoms with van der Waals surface area (Å²) in [5.74, 6) is -0.0537. The van der Waals surface area contributed by atoms with Crippen LogP contribution in [0.3, 0.4) is 0 Å². The van der Waals surface area contributed by atoms with E-state index in [2.05, 4.69) is 15.1 Å². The fourth-order valence-corrected chi connectivity index (χ4v) is 3.82. The first-order chi connectivity index (χ1) is 14.4. The van der Waals surface area contributed by atoms with Gasteiger partial charge in [0.15, 0.2) is 5.82 Å². The van der Waals surface area contributed by atoms with Crippen LogP contribution in [0, 0.1) is 0 Å². The number of rotatable bonds is 6. The third-order valence-corrected chi connectivity index (χ3v) is 5.40. The molecule has 0 aliphatic carbocycles. The quantitative estimate of drug-likeness (QED) is 0.485. The molecule has 158 valence electrons. The highest BCUT2D eigenvalue weighted by Gasteiger charge is 2.22. The number of phenolic OH excluding ortho intramolecular Hbond substituents is 2. The van der Waals surface area contributed by atoms with Gasteiger partial charge in [0, 0.05) is 44.4 Å². The van der Waals surface area contributed by atoms with Crippen LogP contribution >= 0.6 is 0 Å². The highest BCUT2D eigenvalue weighted by Crippen LogP contribution is 2.36. The summed E-state index contributed by atoms with van der Waals surface area (Å²) in [5, 5.41) is 27.1. The van der Waals surface area contributed by atoms with Gasteiger partial charge in [-0.3, -0.25) is 4.90 Å². The second kappa shape index (κ2) is 7.94. The van der Waals surface area contributed by atoms with Gasteiger partial charge in [0.2, 0.25) is 0 Å². The Morgan fingerprint density at radius 1 is 1.20 bits per heavy atom. The standard InChI is InChI=1S/C21H25N5O4/c1-12(22)16-8-17(19(28)9-18(16)27)20-23-24-21(29)26(20)15-4-3-13-10-25(5-6-30-2)11-14(13)7-15/h3-4,7-9,12,27-28H,5-6,10-11,22H2,1-2H3,(H,24,29). The van der Waals surface area contributed by atoms with Gasteiger partial charge >= 0.3 is 5.69 Å². The van der Waals surface area contributed by atoms with E-state index in [-0.39, 0.29) is 17.3 Å². The molecular weight excluding hydrogens is 386 g/mol. The predicted molar refractivity (Wildman–Crippen MR) is 112 cm³/mol. The maximum atomic E-state index is 12.6. The predicted octanol–water partition coefficient (Wildman–Crippen LogP) is 1.62. The van der Waals surface area contributed by atoms with Gasteiger partial charge in [-0.15, -0.1) is 0 Å². The molecule has 0 fully saturated rings. The molecule has 0 saturated heterocycles. The number of aromatic hydroxyl groups is 2. The van der Waals surface area contributed by atoms with Gasteiger partial charge in [-0.1, -0.05) is 6.07 Å². The second-order valence-electron chi connectivity index (χ2n) is 7.56. The SMILES string of the molecule is COCCN1Cc2ccc(-n3c(-c4cc(C(C)N)c(O)cc4O)n[nH]c3=O)cc2C1. The zero-order chi connectivity index (χ0) is 21.4.